The first-order valence-electron chi connectivity index (χ1n) is 6.88. The molecule has 0 aromatic heterocycles. The van der Waals surface area contributed by atoms with Gasteiger partial charge in [-0.05, 0) is 48.6 Å². The largest absolute Gasteiger partial charge is 0.484 e. The van der Waals surface area contributed by atoms with Crippen LogP contribution in [-0.2, 0) is 4.79 Å². The van der Waals surface area contributed by atoms with E-state index >= 15 is 0 Å². The van der Waals surface area contributed by atoms with E-state index in [1.54, 1.807) is 54.6 Å². The summed E-state index contributed by atoms with van der Waals surface area (Å²) in [6.07, 6.45) is 0. The molecule has 0 saturated carbocycles. The number of carbonyl (C=O) groups is 2. The van der Waals surface area contributed by atoms with E-state index in [1.165, 1.54) is 0 Å². The molecule has 0 aliphatic rings. The minimum atomic E-state index is -0.440. The first-order valence-corrected chi connectivity index (χ1v) is 8.08. The number of ether oxygens (including phenoxy) is 1. The summed E-state index contributed by atoms with van der Waals surface area (Å²) in [5, 5.41) is 2.38. The zero-order valence-electron chi connectivity index (χ0n) is 12.4. The summed E-state index contributed by atoms with van der Waals surface area (Å²) < 4.78 is 6.23. The lowest BCUT2D eigenvalue weighted by Gasteiger charge is -2.11. The molecule has 0 fully saturated rings. The summed E-state index contributed by atoms with van der Waals surface area (Å²) in [6, 6.07) is 15.7. The number of nitrogens with one attached hydrogen (secondary N) is 3. The number of rotatable bonds is 4. The van der Waals surface area contributed by atoms with Crippen molar-refractivity contribution in [2.45, 2.75) is 0 Å². The van der Waals surface area contributed by atoms with Crippen LogP contribution in [-0.4, -0.2) is 23.5 Å². The van der Waals surface area contributed by atoms with Crippen molar-refractivity contribution >= 4 is 45.1 Å². The van der Waals surface area contributed by atoms with Gasteiger partial charge in [-0.15, -0.1) is 0 Å². The molecule has 2 aromatic rings. The molecule has 3 N–H and O–H groups in total. The molecule has 2 rings (SSSR count). The van der Waals surface area contributed by atoms with E-state index in [0.717, 1.165) is 4.47 Å². The van der Waals surface area contributed by atoms with Gasteiger partial charge in [0, 0.05) is 10.0 Å². The second kappa shape index (κ2) is 8.99. The number of amides is 2. The molecule has 2 aromatic carbocycles. The maximum Gasteiger partial charge on any atom is 0.269 e. The second-order valence-corrected chi connectivity index (χ2v) is 5.89. The molecule has 0 heterocycles. The molecule has 8 heteroatoms. The number of halogens is 1. The molecule has 2 amide bonds. The molecular weight excluding hydrogens is 394 g/mol. The van der Waals surface area contributed by atoms with Crippen LogP contribution in [0.1, 0.15) is 10.4 Å². The monoisotopic (exact) mass is 407 g/mol. The van der Waals surface area contributed by atoms with Crippen molar-refractivity contribution in [1.82, 2.24) is 16.2 Å². The van der Waals surface area contributed by atoms with Gasteiger partial charge >= 0.3 is 0 Å². The quantitative estimate of drug-likeness (QED) is 0.534. The molecule has 24 heavy (non-hydrogen) atoms. The zero-order chi connectivity index (χ0) is 17.4. The summed E-state index contributed by atoms with van der Waals surface area (Å²) in [7, 11) is 0. The van der Waals surface area contributed by atoms with Crippen LogP contribution in [0.2, 0.25) is 0 Å². The van der Waals surface area contributed by atoms with E-state index in [0.29, 0.717) is 11.3 Å². The summed E-state index contributed by atoms with van der Waals surface area (Å²) in [4.78, 5) is 23.5. The van der Waals surface area contributed by atoms with E-state index in [1.807, 2.05) is 0 Å². The normalized spacial score (nSPS) is 9.71. The Morgan fingerprint density at radius 2 is 1.67 bits per heavy atom. The fourth-order valence-electron chi connectivity index (χ4n) is 1.65. The highest BCUT2D eigenvalue weighted by Crippen LogP contribution is 2.15. The SMILES string of the molecule is O=C(COc1ccc(Br)cc1)NC(=S)NNC(=O)c1ccccc1. The lowest BCUT2D eigenvalue weighted by molar-refractivity contribution is -0.121. The number of hydrogen-bond acceptors (Lipinski definition) is 4. The Hall–Kier alpha value is -2.45. The van der Waals surface area contributed by atoms with Gasteiger partial charge in [0.25, 0.3) is 11.8 Å². The molecule has 6 nitrogen and oxygen atoms in total. The Morgan fingerprint density at radius 3 is 2.33 bits per heavy atom. The number of thiocarbonyl (C=S) groups is 1. The summed E-state index contributed by atoms with van der Waals surface area (Å²) >= 11 is 8.24. The van der Waals surface area contributed by atoms with Crippen LogP contribution in [0, 0.1) is 0 Å². The molecule has 0 bridgehead atoms. The highest BCUT2D eigenvalue weighted by molar-refractivity contribution is 9.10. The van der Waals surface area contributed by atoms with Crippen molar-refractivity contribution in [3.63, 3.8) is 0 Å². The van der Waals surface area contributed by atoms with Crippen LogP contribution >= 0.6 is 28.1 Å². The lowest BCUT2D eigenvalue weighted by Crippen LogP contribution is -2.49. The standard InChI is InChI=1S/C16H14BrN3O3S/c17-12-6-8-13(9-7-12)23-10-14(21)18-16(24)20-19-15(22)11-4-2-1-3-5-11/h1-9H,10H2,(H,19,22)(H2,18,20,21,24). The Labute approximate surface area is 152 Å². The van der Waals surface area contributed by atoms with Crippen LogP contribution < -0.4 is 20.9 Å². The van der Waals surface area contributed by atoms with Gasteiger partial charge < -0.3 is 4.74 Å². The van der Waals surface area contributed by atoms with Crippen molar-refractivity contribution in [3.05, 3.63) is 64.6 Å². The van der Waals surface area contributed by atoms with Gasteiger partial charge in [-0.3, -0.25) is 25.8 Å². The first kappa shape index (κ1) is 17.9. The van der Waals surface area contributed by atoms with E-state index < -0.39 is 5.91 Å². The second-order valence-electron chi connectivity index (χ2n) is 4.57. The maximum absolute atomic E-state index is 11.8. The Balaban J connectivity index is 1.70. The topological polar surface area (TPSA) is 79.5 Å². The van der Waals surface area contributed by atoms with Gasteiger partial charge in [0.05, 0.1) is 0 Å². The molecule has 0 saturated heterocycles. The van der Waals surface area contributed by atoms with Gasteiger partial charge in [0.15, 0.2) is 11.7 Å². The Kier molecular flexibility index (Phi) is 6.71. The van der Waals surface area contributed by atoms with Gasteiger partial charge in [0.1, 0.15) is 5.75 Å². The maximum atomic E-state index is 11.8. The Bertz CT molecular complexity index is 723. The average molecular weight is 408 g/mol. The molecule has 0 aliphatic heterocycles. The van der Waals surface area contributed by atoms with Crippen LogP contribution in [0.15, 0.2) is 59.1 Å². The molecule has 0 aliphatic carbocycles. The van der Waals surface area contributed by atoms with Crippen molar-refractivity contribution < 1.29 is 14.3 Å². The van der Waals surface area contributed by atoms with Crippen molar-refractivity contribution in [2.24, 2.45) is 0 Å². The van der Waals surface area contributed by atoms with Crippen molar-refractivity contribution in [1.29, 1.82) is 0 Å². The van der Waals surface area contributed by atoms with E-state index in [2.05, 4.69) is 32.1 Å². The lowest BCUT2D eigenvalue weighted by atomic mass is 10.2. The van der Waals surface area contributed by atoms with E-state index in [4.69, 9.17) is 17.0 Å². The molecule has 0 atom stereocenters. The predicted octanol–water partition coefficient (Wildman–Crippen LogP) is 2.16. The van der Waals surface area contributed by atoms with Gasteiger partial charge in [0.2, 0.25) is 0 Å². The van der Waals surface area contributed by atoms with Gasteiger partial charge in [-0.25, -0.2) is 0 Å². The summed E-state index contributed by atoms with van der Waals surface area (Å²) in [5.74, 6) is -0.243. The Morgan fingerprint density at radius 1 is 1.00 bits per heavy atom. The molecular formula is C16H14BrN3O3S. The van der Waals surface area contributed by atoms with Crippen LogP contribution in [0.25, 0.3) is 0 Å². The third kappa shape index (κ3) is 5.98. The van der Waals surface area contributed by atoms with Crippen molar-refractivity contribution in [3.8, 4) is 5.75 Å². The highest BCUT2D eigenvalue weighted by atomic mass is 79.9. The number of hydrazine groups is 1. The smallest absolute Gasteiger partial charge is 0.269 e. The van der Waals surface area contributed by atoms with Crippen LogP contribution in [0.5, 0.6) is 5.75 Å². The summed E-state index contributed by atoms with van der Waals surface area (Å²) in [5.41, 5.74) is 5.32. The number of carbonyl (C=O) groups excluding carboxylic acids is 2. The predicted molar refractivity (Wildman–Crippen MR) is 97.4 cm³/mol. The number of benzene rings is 2. The van der Waals surface area contributed by atoms with Crippen LogP contribution in [0.4, 0.5) is 0 Å². The van der Waals surface area contributed by atoms with Crippen LogP contribution in [0.3, 0.4) is 0 Å². The fourth-order valence-corrected chi connectivity index (χ4v) is 2.08. The average Bonchev–Trinajstić information content (AvgIpc) is 2.60. The first-order chi connectivity index (χ1) is 11.5. The molecule has 0 spiro atoms. The third-order valence-electron chi connectivity index (χ3n) is 2.76. The minimum absolute atomic E-state index is 0.0244. The van der Waals surface area contributed by atoms with E-state index in [-0.39, 0.29) is 17.6 Å². The third-order valence-corrected chi connectivity index (χ3v) is 3.49. The molecule has 124 valence electrons. The minimum Gasteiger partial charge on any atom is -0.484 e. The highest BCUT2D eigenvalue weighted by Gasteiger charge is 2.08. The van der Waals surface area contributed by atoms with Gasteiger partial charge in [-0.2, -0.15) is 0 Å². The zero-order valence-corrected chi connectivity index (χ0v) is 14.8. The summed E-state index contributed by atoms with van der Waals surface area (Å²) in [6.45, 7) is -0.198. The molecule has 0 unspecified atom stereocenters. The number of hydrogen-bond donors (Lipinski definition) is 3. The van der Waals surface area contributed by atoms with E-state index in [9.17, 15) is 9.59 Å². The molecule has 0 radical (unpaired) electrons. The fraction of sp³-hybridized carbons (Fsp3) is 0.0625. The van der Waals surface area contributed by atoms with Gasteiger partial charge in [-0.1, -0.05) is 34.1 Å². The van der Waals surface area contributed by atoms with Crippen molar-refractivity contribution in [2.75, 3.05) is 6.61 Å².